The molecule has 1 aliphatic heterocycles. The summed E-state index contributed by atoms with van der Waals surface area (Å²) < 4.78 is 1.25. The van der Waals surface area contributed by atoms with Gasteiger partial charge in [0.1, 0.15) is 0 Å². The maximum absolute atomic E-state index is 3.76. The molecule has 1 nitrogen and oxygen atoms in total. The second-order valence-corrected chi connectivity index (χ2v) is 10.1. The second kappa shape index (κ2) is 6.61. The fourth-order valence-electron chi connectivity index (χ4n) is 6.85. The third-order valence-corrected chi connectivity index (χ3v) is 8.34. The minimum absolute atomic E-state index is 0. The molecule has 3 aliphatic carbocycles. The van der Waals surface area contributed by atoms with Crippen molar-refractivity contribution >= 4 is 28.3 Å². The number of fused-ring (bicyclic) bond motifs is 3. The fourth-order valence-corrected chi connectivity index (χ4v) is 7.21. The molecule has 1 saturated heterocycles. The predicted molar refractivity (Wildman–Crippen MR) is 117 cm³/mol. The van der Waals surface area contributed by atoms with Gasteiger partial charge in [-0.3, -0.25) is 0 Å². The molecule has 3 heteroatoms. The van der Waals surface area contributed by atoms with Crippen LogP contribution in [0.5, 0.6) is 0 Å². The third kappa shape index (κ3) is 2.59. The lowest BCUT2D eigenvalue weighted by atomic mass is 9.65. The van der Waals surface area contributed by atoms with Gasteiger partial charge in [0.2, 0.25) is 0 Å². The monoisotopic (exact) mass is 443 g/mol. The van der Waals surface area contributed by atoms with Crippen LogP contribution in [-0.4, -0.2) is 24.5 Å². The van der Waals surface area contributed by atoms with Gasteiger partial charge in [0.05, 0.1) is 0 Å². The molecule has 6 rings (SSSR count). The highest BCUT2D eigenvalue weighted by atomic mass is 79.9. The summed E-state index contributed by atoms with van der Waals surface area (Å²) in [5.41, 5.74) is 6.84. The van der Waals surface area contributed by atoms with E-state index in [1.807, 2.05) is 0 Å². The van der Waals surface area contributed by atoms with Crippen molar-refractivity contribution in [2.45, 2.75) is 49.4 Å². The molecule has 0 N–H and O–H groups in total. The molecular formula is C24H27BrClN. The van der Waals surface area contributed by atoms with E-state index in [1.165, 1.54) is 56.2 Å². The zero-order valence-electron chi connectivity index (χ0n) is 15.7. The van der Waals surface area contributed by atoms with Crippen LogP contribution in [-0.2, 0) is 5.41 Å². The molecule has 3 atom stereocenters. The molecule has 27 heavy (non-hydrogen) atoms. The molecular weight excluding hydrogens is 418 g/mol. The van der Waals surface area contributed by atoms with Gasteiger partial charge in [0.15, 0.2) is 0 Å². The average molecular weight is 445 g/mol. The van der Waals surface area contributed by atoms with Crippen LogP contribution in [0.4, 0.5) is 0 Å². The quantitative estimate of drug-likeness (QED) is 0.529. The third-order valence-electron chi connectivity index (χ3n) is 7.85. The van der Waals surface area contributed by atoms with Crippen LogP contribution in [0.2, 0.25) is 0 Å². The molecule has 2 bridgehead atoms. The van der Waals surface area contributed by atoms with Gasteiger partial charge in [0, 0.05) is 41.4 Å². The van der Waals surface area contributed by atoms with Crippen LogP contribution in [0.15, 0.2) is 46.9 Å². The zero-order valence-corrected chi connectivity index (χ0v) is 18.1. The van der Waals surface area contributed by atoms with Gasteiger partial charge in [-0.15, -0.1) is 12.4 Å². The van der Waals surface area contributed by atoms with Crippen LogP contribution >= 0.6 is 28.3 Å². The van der Waals surface area contributed by atoms with Gasteiger partial charge >= 0.3 is 0 Å². The number of hydrogen-bond acceptors (Lipinski definition) is 1. The Balaban J connectivity index is 0.00000160. The molecule has 4 aliphatic rings. The van der Waals surface area contributed by atoms with E-state index in [1.54, 1.807) is 22.3 Å². The number of hydrogen-bond donors (Lipinski definition) is 0. The van der Waals surface area contributed by atoms with Crippen molar-refractivity contribution in [2.75, 3.05) is 19.6 Å². The van der Waals surface area contributed by atoms with Crippen molar-refractivity contribution in [3.05, 3.63) is 69.2 Å². The van der Waals surface area contributed by atoms with Crippen molar-refractivity contribution in [1.82, 2.24) is 4.90 Å². The average Bonchev–Trinajstić information content (AvgIpc) is 3.35. The molecule has 1 saturated carbocycles. The normalized spacial score (nSPS) is 31.3. The maximum Gasteiger partial charge on any atom is 0.0178 e. The minimum Gasteiger partial charge on any atom is -0.302 e. The second-order valence-electron chi connectivity index (χ2n) is 9.17. The van der Waals surface area contributed by atoms with E-state index in [2.05, 4.69) is 63.3 Å². The van der Waals surface area contributed by atoms with Crippen LogP contribution < -0.4 is 0 Å². The van der Waals surface area contributed by atoms with E-state index < -0.39 is 0 Å². The molecule has 0 amide bonds. The first-order valence-electron chi connectivity index (χ1n) is 10.4. The predicted octanol–water partition coefficient (Wildman–Crippen LogP) is 6.25. The van der Waals surface area contributed by atoms with Crippen molar-refractivity contribution < 1.29 is 0 Å². The minimum atomic E-state index is 0. The molecule has 0 radical (unpaired) electrons. The van der Waals surface area contributed by atoms with Gasteiger partial charge in [-0.05, 0) is 59.6 Å². The van der Waals surface area contributed by atoms with Crippen molar-refractivity contribution in [3.8, 4) is 0 Å². The first-order valence-corrected chi connectivity index (χ1v) is 11.1. The van der Waals surface area contributed by atoms with Gasteiger partial charge in [-0.2, -0.15) is 0 Å². The maximum atomic E-state index is 3.76. The molecule has 2 aromatic carbocycles. The first-order chi connectivity index (χ1) is 12.7. The van der Waals surface area contributed by atoms with E-state index in [0.717, 1.165) is 5.92 Å². The number of halogens is 2. The standard InChI is InChI=1S/C24H26BrN.ClH/c25-17-9-10-20-21-12-24(22(20)11-17)15-26(13-16-5-1-2-6-16)14-23(24)19-8-4-3-7-18(19)21;/h3-4,7-11,16,21,23H,1-2,5-6,12-15H2;1H. The Morgan fingerprint density at radius 1 is 1.00 bits per heavy atom. The highest BCUT2D eigenvalue weighted by Gasteiger charge is 2.58. The molecule has 2 fully saturated rings. The Hall–Kier alpha value is -0.830. The Morgan fingerprint density at radius 3 is 2.59 bits per heavy atom. The summed E-state index contributed by atoms with van der Waals surface area (Å²) in [6.45, 7) is 3.85. The summed E-state index contributed by atoms with van der Waals surface area (Å²) >= 11 is 3.76. The number of benzene rings is 2. The highest BCUT2D eigenvalue weighted by Crippen LogP contribution is 2.63. The lowest BCUT2D eigenvalue weighted by Gasteiger charge is -2.37. The Labute approximate surface area is 177 Å². The first kappa shape index (κ1) is 18.2. The molecule has 1 spiro atoms. The summed E-state index contributed by atoms with van der Waals surface area (Å²) in [5, 5.41) is 0. The number of rotatable bonds is 2. The van der Waals surface area contributed by atoms with Gasteiger partial charge in [0.25, 0.3) is 0 Å². The molecule has 142 valence electrons. The lowest BCUT2D eigenvalue weighted by Crippen LogP contribution is -2.35. The van der Waals surface area contributed by atoms with E-state index in [4.69, 9.17) is 0 Å². The topological polar surface area (TPSA) is 3.24 Å². The summed E-state index contributed by atoms with van der Waals surface area (Å²) in [4.78, 5) is 2.83. The molecule has 1 heterocycles. The van der Waals surface area contributed by atoms with Gasteiger partial charge in [-0.1, -0.05) is 59.1 Å². The SMILES string of the molecule is Brc1ccc2c(c1)C13CC2c2ccccc2C1CN(CC1CCCC1)C3.Cl. The molecule has 0 aromatic heterocycles. The number of nitrogens with zero attached hydrogens (tertiary/aromatic N) is 1. The van der Waals surface area contributed by atoms with Gasteiger partial charge < -0.3 is 4.90 Å². The van der Waals surface area contributed by atoms with Crippen molar-refractivity contribution in [1.29, 1.82) is 0 Å². The van der Waals surface area contributed by atoms with Gasteiger partial charge in [-0.25, -0.2) is 0 Å². The summed E-state index contributed by atoms with van der Waals surface area (Å²) in [7, 11) is 0. The Kier molecular flexibility index (Phi) is 4.46. The summed E-state index contributed by atoms with van der Waals surface area (Å²) in [6.07, 6.45) is 7.13. The van der Waals surface area contributed by atoms with Crippen molar-refractivity contribution in [2.24, 2.45) is 5.92 Å². The van der Waals surface area contributed by atoms with Crippen LogP contribution in [0.25, 0.3) is 0 Å². The highest BCUT2D eigenvalue weighted by molar-refractivity contribution is 9.10. The van der Waals surface area contributed by atoms with Crippen LogP contribution in [0.1, 0.15) is 66.2 Å². The van der Waals surface area contributed by atoms with E-state index in [9.17, 15) is 0 Å². The Morgan fingerprint density at radius 2 is 1.78 bits per heavy atom. The smallest absolute Gasteiger partial charge is 0.0178 e. The zero-order chi connectivity index (χ0) is 17.3. The lowest BCUT2D eigenvalue weighted by molar-refractivity contribution is 0.260. The van der Waals surface area contributed by atoms with E-state index in [-0.39, 0.29) is 12.4 Å². The Bertz CT molecular complexity index is 874. The van der Waals surface area contributed by atoms with Crippen LogP contribution in [0, 0.1) is 5.92 Å². The molecule has 3 unspecified atom stereocenters. The van der Waals surface area contributed by atoms with Crippen LogP contribution in [0.3, 0.4) is 0 Å². The largest absolute Gasteiger partial charge is 0.302 e. The summed E-state index contributed by atoms with van der Waals surface area (Å²) in [6, 6.07) is 16.4. The van der Waals surface area contributed by atoms with E-state index in [0.29, 0.717) is 17.3 Å². The molecule has 2 aromatic rings. The van der Waals surface area contributed by atoms with Crippen molar-refractivity contribution in [3.63, 3.8) is 0 Å². The number of likely N-dealkylation sites (tertiary alicyclic amines) is 1. The fraction of sp³-hybridized carbons (Fsp3) is 0.500. The summed E-state index contributed by atoms with van der Waals surface area (Å²) in [5.74, 6) is 2.23. The van der Waals surface area contributed by atoms with E-state index >= 15 is 0 Å².